The van der Waals surface area contributed by atoms with Gasteiger partial charge in [-0.3, -0.25) is 4.79 Å². The Hall–Kier alpha value is -1.39. The van der Waals surface area contributed by atoms with Crippen molar-refractivity contribution < 1.29 is 9.53 Å². The van der Waals surface area contributed by atoms with Crippen LogP contribution in [0.25, 0.3) is 0 Å². The number of ether oxygens (including phenoxy) is 1. The van der Waals surface area contributed by atoms with Crippen molar-refractivity contribution in [1.82, 2.24) is 5.32 Å². The third-order valence-electron chi connectivity index (χ3n) is 2.39. The van der Waals surface area contributed by atoms with Gasteiger partial charge in [-0.2, -0.15) is 0 Å². The molecule has 0 amide bonds. The predicted molar refractivity (Wildman–Crippen MR) is 57.8 cm³/mol. The Labute approximate surface area is 88.4 Å². The van der Waals surface area contributed by atoms with E-state index in [0.717, 1.165) is 6.54 Å². The summed E-state index contributed by atoms with van der Waals surface area (Å²) in [6, 6.07) is 6.98. The molecule has 0 spiro atoms. The van der Waals surface area contributed by atoms with E-state index in [1.54, 1.807) is 24.3 Å². The second-order valence-electron chi connectivity index (χ2n) is 3.55. The van der Waals surface area contributed by atoms with E-state index in [-0.39, 0.29) is 11.9 Å². The van der Waals surface area contributed by atoms with Crippen LogP contribution in [0.15, 0.2) is 24.3 Å². The molecule has 1 aromatic carbocycles. The van der Waals surface area contributed by atoms with Gasteiger partial charge in [0.05, 0.1) is 6.61 Å². The Morgan fingerprint density at radius 1 is 1.53 bits per heavy atom. The number of hydrogen-bond donors (Lipinski definition) is 2. The van der Waals surface area contributed by atoms with Gasteiger partial charge in [-0.25, -0.2) is 0 Å². The van der Waals surface area contributed by atoms with E-state index < -0.39 is 0 Å². The lowest BCUT2D eigenvalue weighted by Crippen LogP contribution is -2.43. The molecule has 1 unspecified atom stereocenters. The average molecular weight is 206 g/mol. The van der Waals surface area contributed by atoms with Crippen LogP contribution in [0.4, 0.5) is 5.69 Å². The lowest BCUT2D eigenvalue weighted by atomic mass is 10.0. The first-order chi connectivity index (χ1) is 7.27. The van der Waals surface area contributed by atoms with Gasteiger partial charge in [-0.15, -0.1) is 0 Å². The minimum absolute atomic E-state index is 0.00509. The summed E-state index contributed by atoms with van der Waals surface area (Å²) in [6.45, 7) is 1.97. The maximum absolute atomic E-state index is 11.9. The lowest BCUT2D eigenvalue weighted by Gasteiger charge is -2.22. The molecule has 1 atom stereocenters. The number of carbonyl (C=O) groups excluding carboxylic acids is 1. The highest BCUT2D eigenvalue weighted by Gasteiger charge is 2.22. The van der Waals surface area contributed by atoms with E-state index in [4.69, 9.17) is 10.5 Å². The molecule has 0 radical (unpaired) electrons. The fourth-order valence-electron chi connectivity index (χ4n) is 1.61. The molecule has 0 aliphatic carbocycles. The molecule has 1 saturated heterocycles. The minimum Gasteiger partial charge on any atom is -0.399 e. The zero-order valence-corrected chi connectivity index (χ0v) is 8.40. The van der Waals surface area contributed by atoms with Crippen molar-refractivity contribution >= 4 is 11.5 Å². The smallest absolute Gasteiger partial charge is 0.192 e. The predicted octanol–water partition coefficient (Wildman–Crippen LogP) is 0.440. The molecule has 1 aliphatic rings. The standard InChI is InChI=1S/C11H14N2O2/c12-9-3-1-2-8(6-9)11(14)10-7-13-4-5-15-10/h1-3,6,10,13H,4-5,7,12H2. The quantitative estimate of drug-likeness (QED) is 0.544. The average Bonchev–Trinajstić information content (AvgIpc) is 2.29. The van der Waals surface area contributed by atoms with Crippen LogP contribution in [-0.2, 0) is 4.74 Å². The highest BCUT2D eigenvalue weighted by Crippen LogP contribution is 2.11. The van der Waals surface area contributed by atoms with Crippen molar-refractivity contribution in [2.75, 3.05) is 25.4 Å². The summed E-state index contributed by atoms with van der Waals surface area (Å²) in [4.78, 5) is 11.9. The maximum atomic E-state index is 11.9. The molecule has 4 nitrogen and oxygen atoms in total. The molecule has 3 N–H and O–H groups in total. The summed E-state index contributed by atoms with van der Waals surface area (Å²) >= 11 is 0. The zero-order chi connectivity index (χ0) is 10.7. The Kier molecular flexibility index (Phi) is 2.99. The number of morpholine rings is 1. The van der Waals surface area contributed by atoms with Crippen LogP contribution >= 0.6 is 0 Å². The largest absolute Gasteiger partial charge is 0.399 e. The number of ketones is 1. The van der Waals surface area contributed by atoms with Crippen LogP contribution in [0, 0.1) is 0 Å². The number of nitrogens with one attached hydrogen (secondary N) is 1. The van der Waals surface area contributed by atoms with Crippen LogP contribution in [0.5, 0.6) is 0 Å². The number of anilines is 1. The molecule has 1 fully saturated rings. The monoisotopic (exact) mass is 206 g/mol. The lowest BCUT2D eigenvalue weighted by molar-refractivity contribution is 0.0269. The topological polar surface area (TPSA) is 64.4 Å². The summed E-state index contributed by atoms with van der Waals surface area (Å²) in [6.07, 6.45) is -0.374. The van der Waals surface area contributed by atoms with Gasteiger partial charge in [0.25, 0.3) is 0 Å². The Morgan fingerprint density at radius 2 is 2.40 bits per heavy atom. The number of benzene rings is 1. The molecule has 80 valence electrons. The van der Waals surface area contributed by atoms with Crippen LogP contribution in [0.3, 0.4) is 0 Å². The molecule has 4 heteroatoms. The second kappa shape index (κ2) is 4.42. The maximum Gasteiger partial charge on any atom is 0.192 e. The first kappa shape index (κ1) is 10.1. The van der Waals surface area contributed by atoms with Crippen molar-refractivity contribution in [1.29, 1.82) is 0 Å². The van der Waals surface area contributed by atoms with E-state index >= 15 is 0 Å². The normalized spacial score (nSPS) is 21.2. The molecule has 1 heterocycles. The van der Waals surface area contributed by atoms with Gasteiger partial charge in [0.15, 0.2) is 5.78 Å². The molecule has 0 saturated carbocycles. The zero-order valence-electron chi connectivity index (χ0n) is 8.40. The van der Waals surface area contributed by atoms with Crippen molar-refractivity contribution in [2.45, 2.75) is 6.10 Å². The third-order valence-corrected chi connectivity index (χ3v) is 2.39. The van der Waals surface area contributed by atoms with Crippen molar-refractivity contribution in [3.05, 3.63) is 29.8 Å². The number of carbonyl (C=O) groups is 1. The van der Waals surface area contributed by atoms with Crippen LogP contribution in [0.1, 0.15) is 10.4 Å². The minimum atomic E-state index is -0.374. The van der Waals surface area contributed by atoms with Crippen molar-refractivity contribution in [2.24, 2.45) is 0 Å². The van der Waals surface area contributed by atoms with Gasteiger partial charge < -0.3 is 15.8 Å². The number of nitrogen functional groups attached to an aromatic ring is 1. The van der Waals surface area contributed by atoms with Gasteiger partial charge in [-0.1, -0.05) is 12.1 Å². The molecule has 15 heavy (non-hydrogen) atoms. The Bertz CT molecular complexity index is 359. The van der Waals surface area contributed by atoms with Gasteiger partial charge in [-0.05, 0) is 12.1 Å². The van der Waals surface area contributed by atoms with E-state index in [1.807, 2.05) is 0 Å². The molecular formula is C11H14N2O2. The highest BCUT2D eigenvalue weighted by molar-refractivity contribution is 6.00. The molecular weight excluding hydrogens is 192 g/mol. The van der Waals surface area contributed by atoms with Crippen molar-refractivity contribution in [3.63, 3.8) is 0 Å². The summed E-state index contributed by atoms with van der Waals surface area (Å²) in [7, 11) is 0. The van der Waals surface area contributed by atoms with Gasteiger partial charge in [0.1, 0.15) is 6.10 Å². The van der Waals surface area contributed by atoms with E-state index in [2.05, 4.69) is 5.32 Å². The molecule has 0 aromatic heterocycles. The third kappa shape index (κ3) is 2.34. The molecule has 1 aromatic rings. The Morgan fingerprint density at radius 3 is 3.07 bits per heavy atom. The fourth-order valence-corrected chi connectivity index (χ4v) is 1.61. The van der Waals surface area contributed by atoms with E-state index in [1.165, 1.54) is 0 Å². The summed E-state index contributed by atoms with van der Waals surface area (Å²) in [5.74, 6) is -0.00509. The van der Waals surface area contributed by atoms with Crippen molar-refractivity contribution in [3.8, 4) is 0 Å². The summed E-state index contributed by atoms with van der Waals surface area (Å²) in [5.41, 5.74) is 6.83. The highest BCUT2D eigenvalue weighted by atomic mass is 16.5. The number of nitrogens with two attached hydrogens (primary N) is 1. The second-order valence-corrected chi connectivity index (χ2v) is 3.55. The summed E-state index contributed by atoms with van der Waals surface area (Å²) in [5, 5.41) is 3.12. The SMILES string of the molecule is Nc1cccc(C(=O)C2CNCCO2)c1. The van der Waals surface area contributed by atoms with Gasteiger partial charge in [0.2, 0.25) is 0 Å². The first-order valence-electron chi connectivity index (χ1n) is 4.99. The number of rotatable bonds is 2. The van der Waals surface area contributed by atoms with Crippen LogP contribution in [-0.4, -0.2) is 31.6 Å². The van der Waals surface area contributed by atoms with Gasteiger partial charge >= 0.3 is 0 Å². The Balaban J connectivity index is 2.12. The number of Topliss-reactive ketones (excluding diaryl/α,β-unsaturated/α-hetero) is 1. The first-order valence-corrected chi connectivity index (χ1v) is 4.99. The van der Waals surface area contributed by atoms with E-state index in [0.29, 0.717) is 24.4 Å². The molecule has 2 rings (SSSR count). The van der Waals surface area contributed by atoms with Crippen LogP contribution < -0.4 is 11.1 Å². The number of hydrogen-bond acceptors (Lipinski definition) is 4. The molecule has 1 aliphatic heterocycles. The molecule has 0 bridgehead atoms. The summed E-state index contributed by atoms with van der Waals surface area (Å²) < 4.78 is 5.38. The van der Waals surface area contributed by atoms with E-state index in [9.17, 15) is 4.79 Å². The fraction of sp³-hybridized carbons (Fsp3) is 0.364. The van der Waals surface area contributed by atoms with Crippen LogP contribution in [0.2, 0.25) is 0 Å². The van der Waals surface area contributed by atoms with Gasteiger partial charge in [0, 0.05) is 24.3 Å².